The van der Waals surface area contributed by atoms with Gasteiger partial charge in [0.25, 0.3) is 5.56 Å². The first kappa shape index (κ1) is 15.3. The van der Waals surface area contributed by atoms with Gasteiger partial charge in [-0.1, -0.05) is 42.7 Å². The Kier molecular flexibility index (Phi) is 4.42. The molecule has 2 N–H and O–H groups in total. The molecule has 0 saturated heterocycles. The van der Waals surface area contributed by atoms with Crippen LogP contribution in [0.2, 0.25) is 0 Å². The van der Waals surface area contributed by atoms with E-state index in [1.807, 2.05) is 31.2 Å². The first-order valence-corrected chi connectivity index (χ1v) is 8.01. The van der Waals surface area contributed by atoms with Gasteiger partial charge < -0.3 is 10.3 Å². The Morgan fingerprint density at radius 1 is 1.39 bits per heavy atom. The van der Waals surface area contributed by atoms with E-state index in [9.17, 15) is 10.1 Å². The van der Waals surface area contributed by atoms with Crippen molar-refractivity contribution in [1.29, 1.82) is 5.26 Å². The predicted molar refractivity (Wildman–Crippen MR) is 89.4 cm³/mol. The van der Waals surface area contributed by atoms with Crippen LogP contribution in [0, 0.1) is 18.3 Å². The molecule has 0 spiro atoms. The van der Waals surface area contributed by atoms with Crippen molar-refractivity contribution in [3.05, 3.63) is 57.1 Å². The summed E-state index contributed by atoms with van der Waals surface area (Å²) >= 11 is 0. The Morgan fingerprint density at radius 2 is 2.17 bits per heavy atom. The number of aromatic amines is 1. The van der Waals surface area contributed by atoms with Gasteiger partial charge in [0.1, 0.15) is 11.9 Å². The van der Waals surface area contributed by atoms with Crippen molar-refractivity contribution in [2.45, 2.75) is 45.1 Å². The van der Waals surface area contributed by atoms with E-state index in [2.05, 4.69) is 21.4 Å². The molecule has 2 aromatic rings. The molecule has 1 aromatic heterocycles. The molecule has 0 unspecified atom stereocenters. The van der Waals surface area contributed by atoms with Crippen molar-refractivity contribution in [3.63, 3.8) is 0 Å². The molecule has 1 aliphatic carbocycles. The summed E-state index contributed by atoms with van der Waals surface area (Å²) in [5.41, 5.74) is 1.96. The Balaban J connectivity index is 1.90. The third-order valence-electron chi connectivity index (χ3n) is 4.23. The van der Waals surface area contributed by atoms with E-state index in [4.69, 9.17) is 0 Å². The number of anilines is 1. The van der Waals surface area contributed by atoms with E-state index in [1.165, 1.54) is 18.4 Å². The highest BCUT2D eigenvalue weighted by molar-refractivity contribution is 5.51. The zero-order valence-electron chi connectivity index (χ0n) is 13.2. The number of hydrogen-bond acceptors (Lipinski definition) is 4. The lowest BCUT2D eigenvalue weighted by molar-refractivity contribution is 0.745. The highest BCUT2D eigenvalue weighted by atomic mass is 16.1. The number of rotatable bonds is 4. The Bertz CT molecular complexity index is 797. The molecule has 1 saturated carbocycles. The van der Waals surface area contributed by atoms with Crippen LogP contribution in [0.25, 0.3) is 0 Å². The van der Waals surface area contributed by atoms with Crippen molar-refractivity contribution in [2.24, 2.45) is 0 Å². The maximum atomic E-state index is 12.2. The molecule has 1 aromatic carbocycles. The van der Waals surface area contributed by atoms with Gasteiger partial charge in [-0.3, -0.25) is 4.79 Å². The van der Waals surface area contributed by atoms with Gasteiger partial charge in [-0.25, -0.2) is 4.98 Å². The van der Waals surface area contributed by atoms with Crippen LogP contribution in [0.4, 0.5) is 5.82 Å². The summed E-state index contributed by atoms with van der Waals surface area (Å²) in [6, 6.07) is 10.4. The third-order valence-corrected chi connectivity index (χ3v) is 4.23. The summed E-state index contributed by atoms with van der Waals surface area (Å²) in [4.78, 5) is 19.4. The standard InChI is InChI=1S/C18H20N4O/c1-12-5-4-6-13(9-12)10-16-21-17(15(11-19)18(23)22-16)20-14-7-2-3-8-14/h4-6,9,14H,2-3,7-8,10H2,1H3,(H2,20,21,22,23). The Morgan fingerprint density at radius 3 is 2.87 bits per heavy atom. The van der Waals surface area contributed by atoms with Crippen molar-refractivity contribution in [3.8, 4) is 6.07 Å². The monoisotopic (exact) mass is 308 g/mol. The summed E-state index contributed by atoms with van der Waals surface area (Å²) in [6.07, 6.45) is 5.03. The van der Waals surface area contributed by atoms with Gasteiger partial charge in [0, 0.05) is 12.5 Å². The number of H-pyrrole nitrogens is 1. The molecule has 5 nitrogen and oxygen atoms in total. The smallest absolute Gasteiger partial charge is 0.271 e. The molecule has 0 aliphatic heterocycles. The van der Waals surface area contributed by atoms with Crippen LogP contribution in [-0.2, 0) is 6.42 Å². The fraction of sp³-hybridized carbons (Fsp3) is 0.389. The number of nitriles is 1. The maximum absolute atomic E-state index is 12.2. The van der Waals surface area contributed by atoms with E-state index < -0.39 is 0 Å². The summed E-state index contributed by atoms with van der Waals surface area (Å²) in [7, 11) is 0. The van der Waals surface area contributed by atoms with Gasteiger partial charge in [0.2, 0.25) is 0 Å². The van der Waals surface area contributed by atoms with Crippen molar-refractivity contribution in [2.75, 3.05) is 5.32 Å². The fourth-order valence-corrected chi connectivity index (χ4v) is 3.09. The molecule has 5 heteroatoms. The molecular weight excluding hydrogens is 288 g/mol. The number of nitrogens with one attached hydrogen (secondary N) is 2. The largest absolute Gasteiger partial charge is 0.366 e. The first-order chi connectivity index (χ1) is 11.2. The quantitative estimate of drug-likeness (QED) is 0.910. The van der Waals surface area contributed by atoms with Crippen LogP contribution in [0.15, 0.2) is 29.1 Å². The second kappa shape index (κ2) is 6.66. The van der Waals surface area contributed by atoms with Crippen molar-refractivity contribution in [1.82, 2.24) is 9.97 Å². The van der Waals surface area contributed by atoms with Crippen molar-refractivity contribution >= 4 is 5.82 Å². The minimum atomic E-state index is -0.370. The van der Waals surface area contributed by atoms with Crippen LogP contribution in [-0.4, -0.2) is 16.0 Å². The highest BCUT2D eigenvalue weighted by Gasteiger charge is 2.19. The molecule has 118 valence electrons. The van der Waals surface area contributed by atoms with Gasteiger partial charge in [0.15, 0.2) is 11.4 Å². The molecular formula is C18H20N4O. The highest BCUT2D eigenvalue weighted by Crippen LogP contribution is 2.22. The van der Waals surface area contributed by atoms with E-state index in [0.29, 0.717) is 24.1 Å². The summed E-state index contributed by atoms with van der Waals surface area (Å²) < 4.78 is 0. The maximum Gasteiger partial charge on any atom is 0.271 e. The average Bonchev–Trinajstić information content (AvgIpc) is 3.00. The van der Waals surface area contributed by atoms with Crippen LogP contribution >= 0.6 is 0 Å². The molecule has 0 amide bonds. The first-order valence-electron chi connectivity index (χ1n) is 8.01. The lowest BCUT2D eigenvalue weighted by atomic mass is 10.1. The van der Waals surface area contributed by atoms with Gasteiger partial charge in [0.05, 0.1) is 0 Å². The number of nitrogens with zero attached hydrogens (tertiary/aromatic N) is 2. The number of hydrogen-bond donors (Lipinski definition) is 2. The van der Waals surface area contributed by atoms with E-state index in [1.54, 1.807) is 0 Å². The molecule has 3 rings (SSSR count). The summed E-state index contributed by atoms with van der Waals surface area (Å²) in [5.74, 6) is 1.01. The molecule has 0 atom stereocenters. The van der Waals surface area contributed by atoms with Gasteiger partial charge >= 0.3 is 0 Å². The van der Waals surface area contributed by atoms with Gasteiger partial charge in [-0.15, -0.1) is 0 Å². The third kappa shape index (κ3) is 3.59. The van der Waals surface area contributed by atoms with E-state index in [-0.39, 0.29) is 11.1 Å². The van der Waals surface area contributed by atoms with Gasteiger partial charge in [-0.2, -0.15) is 5.26 Å². The molecule has 0 radical (unpaired) electrons. The number of aromatic nitrogens is 2. The lowest BCUT2D eigenvalue weighted by Gasteiger charge is -2.14. The topological polar surface area (TPSA) is 81.6 Å². The molecule has 1 aliphatic rings. The number of aryl methyl sites for hydroxylation is 1. The lowest BCUT2D eigenvalue weighted by Crippen LogP contribution is -2.23. The summed E-state index contributed by atoms with van der Waals surface area (Å²) in [5, 5.41) is 12.5. The summed E-state index contributed by atoms with van der Waals surface area (Å²) in [6.45, 7) is 2.03. The fourth-order valence-electron chi connectivity index (χ4n) is 3.09. The second-order valence-electron chi connectivity index (χ2n) is 6.14. The zero-order chi connectivity index (χ0) is 16.2. The molecule has 23 heavy (non-hydrogen) atoms. The van der Waals surface area contributed by atoms with E-state index in [0.717, 1.165) is 18.4 Å². The normalized spacial score (nSPS) is 14.6. The van der Waals surface area contributed by atoms with E-state index >= 15 is 0 Å². The predicted octanol–water partition coefficient (Wildman–Crippen LogP) is 2.90. The van der Waals surface area contributed by atoms with Crippen LogP contribution in [0.5, 0.6) is 0 Å². The average molecular weight is 308 g/mol. The molecule has 0 bridgehead atoms. The van der Waals surface area contributed by atoms with Crippen LogP contribution in [0.1, 0.15) is 48.2 Å². The van der Waals surface area contributed by atoms with Gasteiger partial charge in [-0.05, 0) is 25.3 Å². The SMILES string of the molecule is Cc1cccc(Cc2nc(NC3CCCC3)c(C#N)c(=O)[nH]2)c1. The Labute approximate surface area is 135 Å². The second-order valence-corrected chi connectivity index (χ2v) is 6.14. The van der Waals surface area contributed by atoms with Crippen LogP contribution in [0.3, 0.4) is 0 Å². The minimum absolute atomic E-state index is 0.0740. The Hall–Kier alpha value is -2.61. The molecule has 1 heterocycles. The van der Waals surface area contributed by atoms with Crippen LogP contribution < -0.4 is 10.9 Å². The number of benzene rings is 1. The zero-order valence-corrected chi connectivity index (χ0v) is 13.2. The molecule has 1 fully saturated rings. The minimum Gasteiger partial charge on any atom is -0.366 e. The van der Waals surface area contributed by atoms with Crippen molar-refractivity contribution < 1.29 is 0 Å².